The quantitative estimate of drug-likeness (QED) is 0.522. The van der Waals surface area contributed by atoms with Crippen molar-refractivity contribution in [3.05, 3.63) is 23.3 Å². The average Bonchev–Trinajstić information content (AvgIpc) is 2.33. The fourth-order valence-corrected chi connectivity index (χ4v) is 2.23. The van der Waals surface area contributed by atoms with E-state index in [4.69, 9.17) is 9.47 Å². The Morgan fingerprint density at radius 2 is 2.15 bits per heavy atom. The Bertz CT molecular complexity index is 548. The van der Waals surface area contributed by atoms with Crippen LogP contribution in [0.25, 0.3) is 0 Å². The molecule has 1 amide bonds. The summed E-state index contributed by atoms with van der Waals surface area (Å²) in [4.78, 5) is 22.3. The molecule has 0 saturated carbocycles. The van der Waals surface area contributed by atoms with E-state index in [-0.39, 0.29) is 23.3 Å². The van der Waals surface area contributed by atoms with Crippen molar-refractivity contribution in [2.24, 2.45) is 0 Å². The van der Waals surface area contributed by atoms with E-state index in [1.165, 1.54) is 21.0 Å². The lowest BCUT2D eigenvalue weighted by Gasteiger charge is -2.30. The predicted octanol–water partition coefficient (Wildman–Crippen LogP) is 2.21. The van der Waals surface area contributed by atoms with Crippen LogP contribution in [0.3, 0.4) is 0 Å². The zero-order valence-corrected chi connectivity index (χ0v) is 11.5. The number of carbonyl (C=O) groups is 2. The molecule has 5 nitrogen and oxygen atoms in total. The molecule has 1 saturated heterocycles. The third-order valence-corrected chi connectivity index (χ3v) is 3.15. The first-order chi connectivity index (χ1) is 9.43. The van der Waals surface area contributed by atoms with Crippen LogP contribution in [-0.2, 0) is 9.59 Å². The van der Waals surface area contributed by atoms with Gasteiger partial charge in [0.1, 0.15) is 17.7 Å². The Kier molecular flexibility index (Phi) is 3.92. The van der Waals surface area contributed by atoms with Crippen molar-refractivity contribution in [3.63, 3.8) is 0 Å². The molecule has 1 fully saturated rings. The number of halogens is 1. The highest BCUT2D eigenvalue weighted by atomic mass is 19.1. The molecule has 108 valence electrons. The number of benzene rings is 1. The van der Waals surface area contributed by atoms with Gasteiger partial charge >= 0.3 is 5.97 Å². The molecule has 1 aromatic carbocycles. The number of nitrogens with one attached hydrogen (secondary N) is 1. The van der Waals surface area contributed by atoms with Gasteiger partial charge in [-0.3, -0.25) is 9.59 Å². The Hall–Kier alpha value is -2.11. The normalized spacial score (nSPS) is 18.8. The minimum absolute atomic E-state index is 0.0885. The molecule has 1 N–H and O–H groups in total. The van der Waals surface area contributed by atoms with E-state index in [1.807, 2.05) is 0 Å². The van der Waals surface area contributed by atoms with E-state index in [0.717, 1.165) is 0 Å². The Morgan fingerprint density at radius 1 is 1.50 bits per heavy atom. The molecular formula is C14H16FNO4. The molecule has 1 aromatic rings. The molecule has 1 unspecified atom stereocenters. The van der Waals surface area contributed by atoms with Gasteiger partial charge < -0.3 is 14.8 Å². The number of hydrogen-bond donors (Lipinski definition) is 1. The minimum atomic E-state index is -1.37. The number of hydrogen-bond acceptors (Lipinski definition) is 4. The lowest BCUT2D eigenvalue weighted by molar-refractivity contribution is -0.132. The molecule has 6 heteroatoms. The number of β-lactam (4-membered cyclic amide) rings is 1. The molecular weight excluding hydrogens is 265 g/mol. The summed E-state index contributed by atoms with van der Waals surface area (Å²) < 4.78 is 24.2. The van der Waals surface area contributed by atoms with Gasteiger partial charge in [0, 0.05) is 12.5 Å². The number of rotatable bonds is 4. The highest BCUT2D eigenvalue weighted by molar-refractivity contribution is 5.84. The molecule has 1 aliphatic rings. The first kappa shape index (κ1) is 14.3. The number of ether oxygens (including phenoxy) is 2. The largest absolute Gasteiger partial charge is 0.496 e. The van der Waals surface area contributed by atoms with Crippen LogP contribution in [0.4, 0.5) is 4.39 Å². The molecule has 0 bridgehead atoms. The maximum Gasteiger partial charge on any atom is 0.308 e. The van der Waals surface area contributed by atoms with Crippen LogP contribution in [0.5, 0.6) is 11.5 Å². The Balaban J connectivity index is 2.53. The highest BCUT2D eigenvalue weighted by Gasteiger charge is 2.32. The van der Waals surface area contributed by atoms with E-state index >= 15 is 0 Å². The van der Waals surface area contributed by atoms with Gasteiger partial charge in [0.05, 0.1) is 25.1 Å². The summed E-state index contributed by atoms with van der Waals surface area (Å²) in [6.07, 6.45) is -1.07. The van der Waals surface area contributed by atoms with Crippen LogP contribution in [0, 0.1) is 0 Å². The van der Waals surface area contributed by atoms with E-state index in [9.17, 15) is 14.0 Å². The average molecular weight is 281 g/mol. The molecule has 1 heterocycles. The van der Waals surface area contributed by atoms with Crippen molar-refractivity contribution >= 4 is 11.9 Å². The van der Waals surface area contributed by atoms with Crippen LogP contribution in [-0.4, -0.2) is 19.0 Å². The number of alkyl halides is 1. The lowest BCUT2D eigenvalue weighted by Crippen LogP contribution is -2.41. The lowest BCUT2D eigenvalue weighted by atomic mass is 9.93. The summed E-state index contributed by atoms with van der Waals surface area (Å²) in [6, 6.07) is 3.02. The zero-order valence-electron chi connectivity index (χ0n) is 11.5. The first-order valence-corrected chi connectivity index (χ1v) is 6.26. The van der Waals surface area contributed by atoms with E-state index in [0.29, 0.717) is 17.7 Å². The minimum Gasteiger partial charge on any atom is -0.496 e. The van der Waals surface area contributed by atoms with Gasteiger partial charge in [-0.1, -0.05) is 0 Å². The summed E-state index contributed by atoms with van der Waals surface area (Å²) in [5, 5.41) is 2.68. The molecule has 0 radical (unpaired) electrons. The Morgan fingerprint density at radius 3 is 2.60 bits per heavy atom. The van der Waals surface area contributed by atoms with Gasteiger partial charge in [-0.25, -0.2) is 4.39 Å². The van der Waals surface area contributed by atoms with Gasteiger partial charge in [-0.05, 0) is 19.1 Å². The zero-order chi connectivity index (χ0) is 14.9. The van der Waals surface area contributed by atoms with Crippen molar-refractivity contribution in [2.75, 3.05) is 7.11 Å². The van der Waals surface area contributed by atoms with Crippen molar-refractivity contribution in [1.29, 1.82) is 0 Å². The standard InChI is InChI=1S/C14H16FNO4/c1-7(15)13-11(19-3)5-4-9(10-6-12(18)16-10)14(13)20-8(2)17/h4-5,7,10H,6H2,1-3H3,(H,16,18)/t7-,10?/m1/s1. The fourth-order valence-electron chi connectivity index (χ4n) is 2.23. The van der Waals surface area contributed by atoms with Gasteiger partial charge in [0.25, 0.3) is 0 Å². The molecule has 0 spiro atoms. The predicted molar refractivity (Wildman–Crippen MR) is 69.3 cm³/mol. The summed E-state index contributed by atoms with van der Waals surface area (Å²) in [5.74, 6) is -0.191. The van der Waals surface area contributed by atoms with E-state index in [2.05, 4.69) is 5.32 Å². The number of methoxy groups -OCH3 is 1. The van der Waals surface area contributed by atoms with Gasteiger partial charge in [-0.15, -0.1) is 0 Å². The van der Waals surface area contributed by atoms with E-state index < -0.39 is 12.1 Å². The van der Waals surface area contributed by atoms with Crippen molar-refractivity contribution in [1.82, 2.24) is 5.32 Å². The van der Waals surface area contributed by atoms with Crippen LogP contribution < -0.4 is 14.8 Å². The number of esters is 1. The summed E-state index contributed by atoms with van der Waals surface area (Å²) in [5.41, 5.74) is 0.765. The summed E-state index contributed by atoms with van der Waals surface area (Å²) >= 11 is 0. The topological polar surface area (TPSA) is 64.6 Å². The molecule has 2 atom stereocenters. The van der Waals surface area contributed by atoms with Crippen molar-refractivity contribution in [2.45, 2.75) is 32.5 Å². The van der Waals surface area contributed by atoms with Crippen LogP contribution in [0.1, 0.15) is 43.6 Å². The van der Waals surface area contributed by atoms with Crippen LogP contribution >= 0.6 is 0 Å². The maximum atomic E-state index is 13.9. The Labute approximate surface area is 116 Å². The molecule has 0 aromatic heterocycles. The second-order valence-corrected chi connectivity index (χ2v) is 4.63. The van der Waals surface area contributed by atoms with Gasteiger partial charge in [-0.2, -0.15) is 0 Å². The molecule has 2 rings (SSSR count). The van der Waals surface area contributed by atoms with Gasteiger partial charge in [0.2, 0.25) is 5.91 Å². The fraction of sp³-hybridized carbons (Fsp3) is 0.429. The van der Waals surface area contributed by atoms with Crippen molar-refractivity contribution < 1.29 is 23.5 Å². The van der Waals surface area contributed by atoms with Crippen LogP contribution in [0.2, 0.25) is 0 Å². The molecule has 1 aliphatic heterocycles. The number of amides is 1. The third-order valence-electron chi connectivity index (χ3n) is 3.15. The third kappa shape index (κ3) is 2.59. The SMILES string of the molecule is COc1ccc(C2CC(=O)N2)c(OC(C)=O)c1[C@@H](C)F. The summed E-state index contributed by atoms with van der Waals surface area (Å²) in [6.45, 7) is 2.59. The monoisotopic (exact) mass is 281 g/mol. The maximum absolute atomic E-state index is 13.9. The molecule has 20 heavy (non-hydrogen) atoms. The van der Waals surface area contributed by atoms with Gasteiger partial charge in [0.15, 0.2) is 0 Å². The highest BCUT2D eigenvalue weighted by Crippen LogP contribution is 2.42. The summed E-state index contributed by atoms with van der Waals surface area (Å²) in [7, 11) is 1.42. The second-order valence-electron chi connectivity index (χ2n) is 4.63. The van der Waals surface area contributed by atoms with Crippen molar-refractivity contribution in [3.8, 4) is 11.5 Å². The number of carbonyl (C=O) groups excluding carboxylic acids is 2. The first-order valence-electron chi connectivity index (χ1n) is 6.26. The van der Waals surface area contributed by atoms with E-state index in [1.54, 1.807) is 12.1 Å². The smallest absolute Gasteiger partial charge is 0.308 e. The second kappa shape index (κ2) is 5.48. The molecule has 0 aliphatic carbocycles. The van der Waals surface area contributed by atoms with Crippen LogP contribution in [0.15, 0.2) is 12.1 Å².